The average molecular weight is 266 g/mol. The molecule has 19 heavy (non-hydrogen) atoms. The molecule has 110 valence electrons. The molecule has 0 aliphatic heterocycles. The first kappa shape index (κ1) is 14.8. The molecule has 0 aromatic carbocycles. The van der Waals surface area contributed by atoms with Crippen LogP contribution in [0.25, 0.3) is 0 Å². The van der Waals surface area contributed by atoms with Gasteiger partial charge in [-0.15, -0.1) is 0 Å². The Bertz CT molecular complexity index is 304. The largest absolute Gasteiger partial charge is 0.353 e. The molecule has 0 aromatic heterocycles. The third-order valence-electron chi connectivity index (χ3n) is 5.25. The van der Waals surface area contributed by atoms with Crippen LogP contribution < -0.4 is 11.1 Å². The first-order valence-corrected chi connectivity index (χ1v) is 8.10. The number of rotatable bonds is 6. The molecule has 0 spiro atoms. The first-order valence-electron chi connectivity index (χ1n) is 8.10. The van der Waals surface area contributed by atoms with Crippen LogP contribution >= 0.6 is 0 Å². The molecule has 1 amide bonds. The van der Waals surface area contributed by atoms with Crippen LogP contribution in [0.4, 0.5) is 0 Å². The van der Waals surface area contributed by atoms with Crippen LogP contribution in [0.15, 0.2) is 0 Å². The lowest BCUT2D eigenvalue weighted by Crippen LogP contribution is -2.50. The SMILES string of the molecule is CCC(CC1CC1)NC(=O)C1(CN)CCC(C)CC1. The highest BCUT2D eigenvalue weighted by Gasteiger charge is 2.40. The van der Waals surface area contributed by atoms with Crippen molar-refractivity contribution in [3.8, 4) is 0 Å². The van der Waals surface area contributed by atoms with Gasteiger partial charge in [0.05, 0.1) is 5.41 Å². The lowest BCUT2D eigenvalue weighted by molar-refractivity contribution is -0.133. The van der Waals surface area contributed by atoms with Crippen LogP contribution in [0.3, 0.4) is 0 Å². The lowest BCUT2D eigenvalue weighted by atomic mass is 9.70. The average Bonchev–Trinajstić information content (AvgIpc) is 3.23. The Morgan fingerprint density at radius 3 is 2.42 bits per heavy atom. The predicted molar refractivity (Wildman–Crippen MR) is 78.7 cm³/mol. The molecule has 0 heterocycles. The smallest absolute Gasteiger partial charge is 0.227 e. The fraction of sp³-hybridized carbons (Fsp3) is 0.938. The lowest BCUT2D eigenvalue weighted by Gasteiger charge is -2.38. The zero-order valence-corrected chi connectivity index (χ0v) is 12.6. The van der Waals surface area contributed by atoms with Crippen molar-refractivity contribution in [1.29, 1.82) is 0 Å². The Hall–Kier alpha value is -0.570. The van der Waals surface area contributed by atoms with Crippen molar-refractivity contribution in [1.82, 2.24) is 5.32 Å². The predicted octanol–water partition coefficient (Wildman–Crippen LogP) is 2.84. The molecule has 0 aromatic rings. The van der Waals surface area contributed by atoms with Gasteiger partial charge >= 0.3 is 0 Å². The molecule has 0 radical (unpaired) electrons. The summed E-state index contributed by atoms with van der Waals surface area (Å²) in [7, 11) is 0. The summed E-state index contributed by atoms with van der Waals surface area (Å²) in [4.78, 5) is 12.6. The van der Waals surface area contributed by atoms with E-state index in [9.17, 15) is 4.79 Å². The van der Waals surface area contributed by atoms with Crippen LogP contribution in [-0.4, -0.2) is 18.5 Å². The monoisotopic (exact) mass is 266 g/mol. The zero-order chi connectivity index (χ0) is 13.9. The molecule has 2 rings (SSSR count). The molecule has 2 fully saturated rings. The number of carbonyl (C=O) groups is 1. The Kier molecular flexibility index (Phi) is 4.88. The molecule has 3 nitrogen and oxygen atoms in total. The maximum atomic E-state index is 12.6. The number of hydrogen-bond donors (Lipinski definition) is 2. The number of carbonyl (C=O) groups excluding carboxylic acids is 1. The van der Waals surface area contributed by atoms with E-state index in [2.05, 4.69) is 19.2 Å². The van der Waals surface area contributed by atoms with Gasteiger partial charge in [0, 0.05) is 12.6 Å². The van der Waals surface area contributed by atoms with Crippen LogP contribution in [-0.2, 0) is 4.79 Å². The fourth-order valence-corrected chi connectivity index (χ4v) is 3.26. The van der Waals surface area contributed by atoms with Crippen molar-refractivity contribution >= 4 is 5.91 Å². The molecule has 3 heteroatoms. The topological polar surface area (TPSA) is 55.1 Å². The number of amides is 1. The minimum Gasteiger partial charge on any atom is -0.353 e. The maximum absolute atomic E-state index is 12.6. The van der Waals surface area contributed by atoms with Gasteiger partial charge in [0.25, 0.3) is 0 Å². The Balaban J connectivity index is 1.91. The van der Waals surface area contributed by atoms with Gasteiger partial charge in [-0.1, -0.05) is 26.7 Å². The number of nitrogens with two attached hydrogens (primary N) is 1. The quantitative estimate of drug-likeness (QED) is 0.776. The summed E-state index contributed by atoms with van der Waals surface area (Å²) in [6, 6.07) is 0.364. The van der Waals surface area contributed by atoms with E-state index < -0.39 is 0 Å². The van der Waals surface area contributed by atoms with Gasteiger partial charge in [-0.25, -0.2) is 0 Å². The van der Waals surface area contributed by atoms with Gasteiger partial charge < -0.3 is 11.1 Å². The van der Waals surface area contributed by atoms with Crippen molar-refractivity contribution in [3.63, 3.8) is 0 Å². The summed E-state index contributed by atoms with van der Waals surface area (Å²) in [5, 5.41) is 3.30. The minimum atomic E-state index is -0.274. The van der Waals surface area contributed by atoms with E-state index in [1.807, 2.05) is 0 Å². The zero-order valence-electron chi connectivity index (χ0n) is 12.6. The summed E-state index contributed by atoms with van der Waals surface area (Å²) in [6.07, 6.45) is 9.14. The molecular formula is C16H30N2O. The van der Waals surface area contributed by atoms with E-state index in [0.29, 0.717) is 12.6 Å². The minimum absolute atomic E-state index is 0.231. The van der Waals surface area contributed by atoms with Gasteiger partial charge in [-0.2, -0.15) is 0 Å². The van der Waals surface area contributed by atoms with Crippen molar-refractivity contribution < 1.29 is 4.79 Å². The van der Waals surface area contributed by atoms with Crippen molar-refractivity contribution in [2.45, 2.75) is 71.3 Å². The first-order chi connectivity index (χ1) is 9.09. The van der Waals surface area contributed by atoms with Crippen LogP contribution in [0, 0.1) is 17.3 Å². The maximum Gasteiger partial charge on any atom is 0.227 e. The summed E-state index contributed by atoms with van der Waals surface area (Å²) in [6.45, 7) is 4.96. The molecule has 2 aliphatic carbocycles. The standard InChI is InChI=1S/C16H30N2O/c1-3-14(10-13-4-5-13)18-15(19)16(11-17)8-6-12(2)7-9-16/h12-14H,3-11,17H2,1-2H3,(H,18,19). The van der Waals surface area contributed by atoms with Gasteiger partial charge in [0.1, 0.15) is 0 Å². The summed E-state index contributed by atoms with van der Waals surface area (Å²) >= 11 is 0. The van der Waals surface area contributed by atoms with Crippen LogP contribution in [0.1, 0.15) is 65.2 Å². The van der Waals surface area contributed by atoms with Crippen LogP contribution in [0.2, 0.25) is 0 Å². The molecule has 2 saturated carbocycles. The third kappa shape index (κ3) is 3.71. The van der Waals surface area contributed by atoms with Crippen LogP contribution in [0.5, 0.6) is 0 Å². The Morgan fingerprint density at radius 2 is 1.95 bits per heavy atom. The van der Waals surface area contributed by atoms with Crippen molar-refractivity contribution in [3.05, 3.63) is 0 Å². The second-order valence-electron chi connectivity index (χ2n) is 6.92. The fourth-order valence-electron chi connectivity index (χ4n) is 3.26. The van der Waals surface area contributed by atoms with Gasteiger partial charge in [0.15, 0.2) is 0 Å². The van der Waals surface area contributed by atoms with Gasteiger partial charge in [-0.05, 0) is 50.4 Å². The van der Waals surface area contributed by atoms with Crippen molar-refractivity contribution in [2.24, 2.45) is 23.0 Å². The second kappa shape index (κ2) is 6.25. The number of hydrogen-bond acceptors (Lipinski definition) is 2. The highest BCUT2D eigenvalue weighted by Crippen LogP contribution is 2.39. The third-order valence-corrected chi connectivity index (χ3v) is 5.25. The van der Waals surface area contributed by atoms with E-state index in [-0.39, 0.29) is 11.3 Å². The van der Waals surface area contributed by atoms with E-state index in [1.165, 1.54) is 19.3 Å². The van der Waals surface area contributed by atoms with Crippen molar-refractivity contribution in [2.75, 3.05) is 6.54 Å². The Morgan fingerprint density at radius 1 is 1.32 bits per heavy atom. The molecule has 1 atom stereocenters. The van der Waals surface area contributed by atoms with Gasteiger partial charge in [-0.3, -0.25) is 4.79 Å². The molecule has 2 aliphatic rings. The highest BCUT2D eigenvalue weighted by molar-refractivity contribution is 5.83. The molecule has 0 bridgehead atoms. The molecule has 1 unspecified atom stereocenters. The van der Waals surface area contributed by atoms with E-state index in [4.69, 9.17) is 5.73 Å². The molecule has 0 saturated heterocycles. The summed E-state index contributed by atoms with van der Waals surface area (Å²) in [5.41, 5.74) is 5.68. The highest BCUT2D eigenvalue weighted by atomic mass is 16.2. The Labute approximate surface area is 117 Å². The second-order valence-corrected chi connectivity index (χ2v) is 6.92. The molecular weight excluding hydrogens is 236 g/mol. The van der Waals surface area contributed by atoms with E-state index >= 15 is 0 Å². The summed E-state index contributed by atoms with van der Waals surface area (Å²) in [5.74, 6) is 1.85. The van der Waals surface area contributed by atoms with Gasteiger partial charge in [0.2, 0.25) is 5.91 Å². The number of nitrogens with one attached hydrogen (secondary N) is 1. The summed E-state index contributed by atoms with van der Waals surface area (Å²) < 4.78 is 0. The normalized spacial score (nSPS) is 32.9. The molecule has 3 N–H and O–H groups in total. The van der Waals surface area contributed by atoms with E-state index in [1.54, 1.807) is 0 Å². The van der Waals surface area contributed by atoms with E-state index in [0.717, 1.165) is 43.9 Å².